The number of nitrogens with zero attached hydrogens (tertiary/aromatic N) is 2. The molecule has 1 aliphatic rings. The second-order valence-corrected chi connectivity index (χ2v) is 6.53. The molecule has 7 heteroatoms. The average Bonchev–Trinajstić information content (AvgIpc) is 3.27. The molecule has 0 radical (unpaired) electrons. The monoisotopic (exact) mass is 440 g/mol. The number of guanidine groups is 1. The van der Waals surface area contributed by atoms with Gasteiger partial charge in [0, 0.05) is 40.4 Å². The van der Waals surface area contributed by atoms with Gasteiger partial charge in [0.05, 0.1) is 0 Å². The number of carbonyl (C=O) groups excluding carboxylic acids is 1. The Morgan fingerprint density at radius 3 is 2.57 bits per heavy atom. The maximum absolute atomic E-state index is 11.6. The molecule has 6 nitrogen and oxygen atoms in total. The van der Waals surface area contributed by atoms with Crippen LogP contribution in [0.2, 0.25) is 0 Å². The van der Waals surface area contributed by atoms with Crippen molar-refractivity contribution >= 4 is 35.8 Å². The van der Waals surface area contributed by atoms with E-state index in [9.17, 15) is 4.79 Å². The third-order valence-corrected chi connectivity index (χ3v) is 3.36. The highest BCUT2D eigenvalue weighted by atomic mass is 127. The van der Waals surface area contributed by atoms with Crippen LogP contribution in [0.15, 0.2) is 4.99 Å². The van der Waals surface area contributed by atoms with E-state index in [0.29, 0.717) is 11.9 Å². The van der Waals surface area contributed by atoms with Gasteiger partial charge in [0.2, 0.25) is 5.91 Å². The fraction of sp³-hybridized carbons (Fsp3) is 0.875. The Morgan fingerprint density at radius 2 is 2.00 bits per heavy atom. The normalized spacial score (nSPS) is 14.4. The Hall–Kier alpha value is -0.570. The lowest BCUT2D eigenvalue weighted by molar-refractivity contribution is -0.127. The van der Waals surface area contributed by atoms with E-state index in [1.807, 2.05) is 0 Å². The van der Waals surface area contributed by atoms with Crippen LogP contribution in [0, 0.1) is 11.8 Å². The summed E-state index contributed by atoms with van der Waals surface area (Å²) in [5, 5.41) is 6.52. The highest BCUT2D eigenvalue weighted by molar-refractivity contribution is 14.0. The predicted molar refractivity (Wildman–Crippen MR) is 105 cm³/mol. The molecule has 0 aromatic heterocycles. The summed E-state index contributed by atoms with van der Waals surface area (Å²) in [6.45, 7) is 7.76. The summed E-state index contributed by atoms with van der Waals surface area (Å²) in [6, 6.07) is 0. The molecule has 0 aromatic rings. The Kier molecular flexibility index (Phi) is 12.5. The van der Waals surface area contributed by atoms with Crippen molar-refractivity contribution in [2.24, 2.45) is 16.8 Å². The lowest BCUT2D eigenvalue weighted by atomic mass is 10.2. The molecule has 1 saturated carbocycles. The van der Waals surface area contributed by atoms with Crippen molar-refractivity contribution in [3.8, 4) is 0 Å². The Labute approximate surface area is 157 Å². The molecular weight excluding hydrogens is 407 g/mol. The number of nitrogens with one attached hydrogen (secondary N) is 2. The van der Waals surface area contributed by atoms with Gasteiger partial charge in [-0.2, -0.15) is 0 Å². The first-order chi connectivity index (χ1) is 10.5. The van der Waals surface area contributed by atoms with Crippen molar-refractivity contribution in [1.82, 2.24) is 15.5 Å². The number of carbonyl (C=O) groups is 1. The van der Waals surface area contributed by atoms with Crippen molar-refractivity contribution in [2.45, 2.75) is 33.1 Å². The number of hydrogen-bond acceptors (Lipinski definition) is 3. The molecule has 23 heavy (non-hydrogen) atoms. The van der Waals surface area contributed by atoms with E-state index in [4.69, 9.17) is 4.74 Å². The summed E-state index contributed by atoms with van der Waals surface area (Å²) < 4.78 is 5.61. The molecule has 1 fully saturated rings. The standard InChI is InChI=1S/C16H32N4O2.HI/c1-13(2)10-18-16(19-11-15(21)20(3)4)17-8-5-9-22-12-14-6-7-14;/h13-14H,5-12H2,1-4H3,(H2,17,18,19);1H. The van der Waals surface area contributed by atoms with Crippen molar-refractivity contribution in [3.63, 3.8) is 0 Å². The molecule has 136 valence electrons. The summed E-state index contributed by atoms with van der Waals surface area (Å²) in [6.07, 6.45) is 3.60. The van der Waals surface area contributed by atoms with E-state index in [1.165, 1.54) is 12.8 Å². The number of halogens is 1. The van der Waals surface area contributed by atoms with Crippen LogP contribution in [0.5, 0.6) is 0 Å². The van der Waals surface area contributed by atoms with Crippen LogP contribution < -0.4 is 10.6 Å². The van der Waals surface area contributed by atoms with Crippen LogP contribution in [-0.2, 0) is 9.53 Å². The Balaban J connectivity index is 0.00000484. The van der Waals surface area contributed by atoms with E-state index >= 15 is 0 Å². The number of hydrogen-bond donors (Lipinski definition) is 2. The average molecular weight is 440 g/mol. The first kappa shape index (κ1) is 22.4. The maximum atomic E-state index is 11.6. The first-order valence-electron chi connectivity index (χ1n) is 8.29. The molecule has 1 amide bonds. The number of amides is 1. The predicted octanol–water partition coefficient (Wildman–Crippen LogP) is 1.70. The first-order valence-corrected chi connectivity index (χ1v) is 8.29. The zero-order valence-electron chi connectivity index (χ0n) is 14.9. The fourth-order valence-corrected chi connectivity index (χ4v) is 1.68. The van der Waals surface area contributed by atoms with E-state index in [-0.39, 0.29) is 36.4 Å². The zero-order valence-corrected chi connectivity index (χ0v) is 17.3. The topological polar surface area (TPSA) is 66.0 Å². The smallest absolute Gasteiger partial charge is 0.243 e. The van der Waals surface area contributed by atoms with E-state index < -0.39 is 0 Å². The molecule has 2 N–H and O–H groups in total. The molecule has 0 atom stereocenters. The minimum absolute atomic E-state index is 0. The summed E-state index contributed by atoms with van der Waals surface area (Å²) >= 11 is 0. The highest BCUT2D eigenvalue weighted by Gasteiger charge is 2.20. The van der Waals surface area contributed by atoms with Crippen LogP contribution in [0.4, 0.5) is 0 Å². The van der Waals surface area contributed by atoms with Gasteiger partial charge in [-0.25, -0.2) is 4.99 Å². The zero-order chi connectivity index (χ0) is 16.4. The fourth-order valence-electron chi connectivity index (χ4n) is 1.68. The minimum Gasteiger partial charge on any atom is -0.381 e. The van der Waals surface area contributed by atoms with Crippen LogP contribution in [0.3, 0.4) is 0 Å². The molecule has 0 aliphatic heterocycles. The molecule has 0 heterocycles. The highest BCUT2D eigenvalue weighted by Crippen LogP contribution is 2.28. The Morgan fingerprint density at radius 1 is 1.30 bits per heavy atom. The molecule has 0 saturated heterocycles. The number of aliphatic imine (C=N–C) groups is 1. The third-order valence-electron chi connectivity index (χ3n) is 3.36. The van der Waals surface area contributed by atoms with Gasteiger partial charge < -0.3 is 20.3 Å². The largest absolute Gasteiger partial charge is 0.381 e. The van der Waals surface area contributed by atoms with Crippen molar-refractivity contribution < 1.29 is 9.53 Å². The van der Waals surface area contributed by atoms with Gasteiger partial charge in [-0.05, 0) is 31.1 Å². The van der Waals surface area contributed by atoms with Gasteiger partial charge >= 0.3 is 0 Å². The second-order valence-electron chi connectivity index (χ2n) is 6.53. The molecule has 1 rings (SSSR count). The molecule has 0 spiro atoms. The summed E-state index contributed by atoms with van der Waals surface area (Å²) in [5.41, 5.74) is 0. The van der Waals surface area contributed by atoms with Gasteiger partial charge in [-0.15, -0.1) is 24.0 Å². The van der Waals surface area contributed by atoms with Crippen LogP contribution in [0.1, 0.15) is 33.1 Å². The number of ether oxygens (including phenoxy) is 1. The SMILES string of the molecule is CC(C)CNC(=NCC(=O)N(C)C)NCCCOCC1CC1.I. The van der Waals surface area contributed by atoms with Gasteiger partial charge in [0.15, 0.2) is 5.96 Å². The third kappa shape index (κ3) is 12.5. The lowest BCUT2D eigenvalue weighted by Crippen LogP contribution is -2.40. The second kappa shape index (κ2) is 12.8. The van der Waals surface area contributed by atoms with Gasteiger partial charge in [-0.3, -0.25) is 4.79 Å². The quantitative estimate of drug-likeness (QED) is 0.235. The summed E-state index contributed by atoms with van der Waals surface area (Å²) in [7, 11) is 3.48. The van der Waals surface area contributed by atoms with Crippen LogP contribution >= 0.6 is 24.0 Å². The summed E-state index contributed by atoms with van der Waals surface area (Å²) in [4.78, 5) is 17.5. The van der Waals surface area contributed by atoms with E-state index in [2.05, 4.69) is 29.5 Å². The van der Waals surface area contributed by atoms with E-state index in [1.54, 1.807) is 19.0 Å². The van der Waals surface area contributed by atoms with Crippen molar-refractivity contribution in [3.05, 3.63) is 0 Å². The number of likely N-dealkylation sites (N-methyl/N-ethyl adjacent to an activating group) is 1. The molecule has 0 bridgehead atoms. The van der Waals surface area contributed by atoms with Gasteiger partial charge in [0.25, 0.3) is 0 Å². The van der Waals surface area contributed by atoms with Crippen LogP contribution in [-0.4, -0.2) is 63.7 Å². The van der Waals surface area contributed by atoms with E-state index in [0.717, 1.165) is 38.6 Å². The van der Waals surface area contributed by atoms with Gasteiger partial charge in [0.1, 0.15) is 6.54 Å². The Bertz CT molecular complexity index is 358. The van der Waals surface area contributed by atoms with Crippen molar-refractivity contribution in [2.75, 3.05) is 46.9 Å². The summed E-state index contributed by atoms with van der Waals surface area (Å²) in [5.74, 6) is 2.04. The molecule has 1 aliphatic carbocycles. The van der Waals surface area contributed by atoms with Crippen LogP contribution in [0.25, 0.3) is 0 Å². The van der Waals surface area contributed by atoms with Crippen molar-refractivity contribution in [1.29, 1.82) is 0 Å². The van der Waals surface area contributed by atoms with Gasteiger partial charge in [-0.1, -0.05) is 13.8 Å². The molecule has 0 aromatic carbocycles. The molecular formula is C16H33IN4O2. The molecule has 0 unspecified atom stereocenters. The minimum atomic E-state index is -0.00147. The maximum Gasteiger partial charge on any atom is 0.243 e. The number of rotatable bonds is 10. The lowest BCUT2D eigenvalue weighted by Gasteiger charge is -2.15.